The molecule has 7 heteroatoms. The number of aliphatic hydroxyl groups excluding tert-OH is 1. The molecule has 0 saturated heterocycles. The molecule has 0 aliphatic carbocycles. The number of rotatable bonds is 6. The quantitative estimate of drug-likeness (QED) is 0.828. The molecule has 3 rings (SSSR count). The minimum absolute atomic E-state index is 0.0536. The van der Waals surface area contributed by atoms with Gasteiger partial charge in [0, 0.05) is 25.2 Å². The third-order valence-corrected chi connectivity index (χ3v) is 4.36. The first-order valence-electron chi connectivity index (χ1n) is 8.32. The number of aliphatic hydroxyl groups is 1. The van der Waals surface area contributed by atoms with Crippen LogP contribution in [0.25, 0.3) is 0 Å². The van der Waals surface area contributed by atoms with E-state index in [1.807, 2.05) is 19.1 Å². The first-order chi connectivity index (χ1) is 12.1. The number of hydrogen-bond donors (Lipinski definition) is 2. The summed E-state index contributed by atoms with van der Waals surface area (Å²) >= 11 is 0. The van der Waals surface area contributed by atoms with Crippen LogP contribution in [0.2, 0.25) is 0 Å². The standard InChI is InChI=1S/C18H24N4O3/c1-12(10-23)21-17-8-18(20-11-19-17)22-5-4-13-6-15(24-2)16(25-3)7-14(13)9-22/h6-8,11-12,23H,4-5,9-10H2,1-3H3,(H,19,20,21)/t12-/m1/s1. The fraction of sp³-hybridized carbons (Fsp3) is 0.444. The molecule has 0 amide bonds. The van der Waals surface area contributed by atoms with Crippen molar-refractivity contribution in [2.75, 3.05) is 37.6 Å². The van der Waals surface area contributed by atoms with Gasteiger partial charge in [0.2, 0.25) is 0 Å². The number of hydrogen-bond acceptors (Lipinski definition) is 7. The Morgan fingerprint density at radius 1 is 1.16 bits per heavy atom. The SMILES string of the molecule is COc1cc2c(cc1OC)CN(c1cc(N[C@H](C)CO)ncn1)CC2. The van der Waals surface area contributed by atoms with E-state index in [0.717, 1.165) is 36.8 Å². The predicted octanol–water partition coefficient (Wildman–Crippen LogP) is 1.85. The summed E-state index contributed by atoms with van der Waals surface area (Å²) in [6.45, 7) is 3.58. The maximum Gasteiger partial charge on any atom is 0.161 e. The average Bonchev–Trinajstić information content (AvgIpc) is 2.66. The second-order valence-corrected chi connectivity index (χ2v) is 6.14. The first-order valence-corrected chi connectivity index (χ1v) is 8.32. The fourth-order valence-electron chi connectivity index (χ4n) is 2.98. The topological polar surface area (TPSA) is 79.7 Å². The van der Waals surface area contributed by atoms with Crippen molar-refractivity contribution in [1.82, 2.24) is 9.97 Å². The monoisotopic (exact) mass is 344 g/mol. The summed E-state index contributed by atoms with van der Waals surface area (Å²) in [4.78, 5) is 10.8. The summed E-state index contributed by atoms with van der Waals surface area (Å²) in [5.74, 6) is 3.08. The van der Waals surface area contributed by atoms with Crippen LogP contribution >= 0.6 is 0 Å². The number of methoxy groups -OCH3 is 2. The summed E-state index contributed by atoms with van der Waals surface area (Å²) in [5, 5.41) is 12.3. The molecule has 1 aliphatic heterocycles. The molecule has 2 N–H and O–H groups in total. The summed E-state index contributed by atoms with van der Waals surface area (Å²) in [6.07, 6.45) is 2.46. The molecule has 2 heterocycles. The second kappa shape index (κ2) is 7.57. The van der Waals surface area contributed by atoms with Gasteiger partial charge in [0.05, 0.1) is 20.8 Å². The van der Waals surface area contributed by atoms with Crippen molar-refractivity contribution < 1.29 is 14.6 Å². The maximum absolute atomic E-state index is 9.18. The van der Waals surface area contributed by atoms with Crippen LogP contribution in [-0.4, -0.2) is 48.5 Å². The summed E-state index contributed by atoms with van der Waals surface area (Å²) in [6, 6.07) is 5.95. The zero-order valence-electron chi connectivity index (χ0n) is 14.8. The van der Waals surface area contributed by atoms with E-state index in [1.165, 1.54) is 11.1 Å². The zero-order valence-corrected chi connectivity index (χ0v) is 14.8. The van der Waals surface area contributed by atoms with Crippen LogP contribution in [0.15, 0.2) is 24.5 Å². The highest BCUT2D eigenvalue weighted by atomic mass is 16.5. The Balaban J connectivity index is 1.82. The van der Waals surface area contributed by atoms with Crippen molar-refractivity contribution in [3.63, 3.8) is 0 Å². The molecule has 0 fully saturated rings. The molecule has 1 aromatic heterocycles. The van der Waals surface area contributed by atoms with Gasteiger partial charge in [0.25, 0.3) is 0 Å². The number of anilines is 2. The molecule has 2 aromatic rings. The Kier molecular flexibility index (Phi) is 5.23. The molecule has 7 nitrogen and oxygen atoms in total. The highest BCUT2D eigenvalue weighted by molar-refractivity contribution is 5.54. The summed E-state index contributed by atoms with van der Waals surface area (Å²) in [7, 11) is 3.30. The number of aromatic nitrogens is 2. The number of nitrogens with zero attached hydrogens (tertiary/aromatic N) is 3. The molecule has 1 aliphatic rings. The van der Waals surface area contributed by atoms with E-state index in [0.29, 0.717) is 5.82 Å². The minimum Gasteiger partial charge on any atom is -0.493 e. The van der Waals surface area contributed by atoms with Crippen molar-refractivity contribution in [3.8, 4) is 11.5 Å². The van der Waals surface area contributed by atoms with Gasteiger partial charge in [-0.2, -0.15) is 0 Å². The van der Waals surface area contributed by atoms with Crippen LogP contribution < -0.4 is 19.7 Å². The Hall–Kier alpha value is -2.54. The normalized spacial score (nSPS) is 14.6. The molecule has 134 valence electrons. The van der Waals surface area contributed by atoms with Gasteiger partial charge in [0.15, 0.2) is 11.5 Å². The lowest BCUT2D eigenvalue weighted by molar-refractivity contribution is 0.281. The third kappa shape index (κ3) is 3.76. The first kappa shape index (κ1) is 17.3. The largest absolute Gasteiger partial charge is 0.493 e. The lowest BCUT2D eigenvalue weighted by Crippen LogP contribution is -2.31. The van der Waals surface area contributed by atoms with Crippen LogP contribution in [0.1, 0.15) is 18.1 Å². The molecule has 1 aromatic carbocycles. The smallest absolute Gasteiger partial charge is 0.161 e. The fourth-order valence-corrected chi connectivity index (χ4v) is 2.98. The lowest BCUT2D eigenvalue weighted by Gasteiger charge is -2.30. The molecule has 0 unspecified atom stereocenters. The highest BCUT2D eigenvalue weighted by Crippen LogP contribution is 2.34. The van der Waals surface area contributed by atoms with E-state index in [9.17, 15) is 5.11 Å². The minimum atomic E-state index is -0.0541. The van der Waals surface area contributed by atoms with Crippen molar-refractivity contribution in [3.05, 3.63) is 35.7 Å². The van der Waals surface area contributed by atoms with Crippen LogP contribution in [0.3, 0.4) is 0 Å². The van der Waals surface area contributed by atoms with E-state index in [4.69, 9.17) is 9.47 Å². The molecule has 0 bridgehead atoms. The Morgan fingerprint density at radius 3 is 2.56 bits per heavy atom. The van der Waals surface area contributed by atoms with Crippen LogP contribution in [0.5, 0.6) is 11.5 Å². The maximum atomic E-state index is 9.18. The summed E-state index contributed by atoms with van der Waals surface area (Å²) in [5.41, 5.74) is 2.48. The van der Waals surface area contributed by atoms with Gasteiger partial charge in [-0.3, -0.25) is 0 Å². The van der Waals surface area contributed by atoms with E-state index < -0.39 is 0 Å². The van der Waals surface area contributed by atoms with E-state index in [1.54, 1.807) is 20.5 Å². The zero-order chi connectivity index (χ0) is 17.8. The van der Waals surface area contributed by atoms with E-state index >= 15 is 0 Å². The molecule has 0 spiro atoms. The average molecular weight is 344 g/mol. The molecular weight excluding hydrogens is 320 g/mol. The van der Waals surface area contributed by atoms with Crippen LogP contribution in [0.4, 0.5) is 11.6 Å². The Bertz CT molecular complexity index is 738. The van der Waals surface area contributed by atoms with Crippen molar-refractivity contribution in [2.24, 2.45) is 0 Å². The molecule has 0 saturated carbocycles. The molecular formula is C18H24N4O3. The van der Waals surface area contributed by atoms with Crippen molar-refractivity contribution in [2.45, 2.75) is 25.9 Å². The van der Waals surface area contributed by atoms with Crippen molar-refractivity contribution in [1.29, 1.82) is 0 Å². The van der Waals surface area contributed by atoms with E-state index in [2.05, 4.69) is 26.3 Å². The third-order valence-electron chi connectivity index (χ3n) is 4.36. The van der Waals surface area contributed by atoms with Crippen LogP contribution in [0, 0.1) is 0 Å². The highest BCUT2D eigenvalue weighted by Gasteiger charge is 2.21. The van der Waals surface area contributed by atoms with E-state index in [-0.39, 0.29) is 12.6 Å². The van der Waals surface area contributed by atoms with Gasteiger partial charge in [-0.1, -0.05) is 0 Å². The lowest BCUT2D eigenvalue weighted by atomic mass is 9.99. The van der Waals surface area contributed by atoms with Gasteiger partial charge in [-0.05, 0) is 36.6 Å². The number of ether oxygens (including phenoxy) is 2. The number of nitrogens with one attached hydrogen (secondary N) is 1. The van der Waals surface area contributed by atoms with Crippen LogP contribution in [-0.2, 0) is 13.0 Å². The molecule has 1 atom stereocenters. The van der Waals surface area contributed by atoms with Crippen molar-refractivity contribution >= 4 is 11.6 Å². The van der Waals surface area contributed by atoms with Gasteiger partial charge in [-0.15, -0.1) is 0 Å². The Labute approximate surface area is 147 Å². The van der Waals surface area contributed by atoms with Gasteiger partial charge in [-0.25, -0.2) is 9.97 Å². The van der Waals surface area contributed by atoms with Gasteiger partial charge >= 0.3 is 0 Å². The summed E-state index contributed by atoms with van der Waals surface area (Å²) < 4.78 is 10.8. The number of benzene rings is 1. The van der Waals surface area contributed by atoms with Gasteiger partial charge < -0.3 is 24.8 Å². The predicted molar refractivity (Wildman–Crippen MR) is 96.5 cm³/mol. The second-order valence-electron chi connectivity index (χ2n) is 6.14. The van der Waals surface area contributed by atoms with Gasteiger partial charge in [0.1, 0.15) is 18.0 Å². The Morgan fingerprint density at radius 2 is 1.88 bits per heavy atom. The molecule has 0 radical (unpaired) electrons. The molecule has 25 heavy (non-hydrogen) atoms. The number of fused-ring (bicyclic) bond motifs is 1.